The number of carbonyl (C=O) groups excluding carboxylic acids is 1. The van der Waals surface area contributed by atoms with E-state index in [0.717, 1.165) is 12.1 Å². The summed E-state index contributed by atoms with van der Waals surface area (Å²) in [6.07, 6.45) is -0.818. The van der Waals surface area contributed by atoms with E-state index in [9.17, 15) is 18.7 Å². The molecule has 1 atom stereocenters. The molecular weight excluding hydrogens is 316 g/mol. The Morgan fingerprint density at radius 1 is 1.17 bits per heavy atom. The lowest BCUT2D eigenvalue weighted by atomic mass is 10.1. The highest BCUT2D eigenvalue weighted by Gasteiger charge is 2.18. The predicted molar refractivity (Wildman–Crippen MR) is 85.1 cm³/mol. The molecule has 2 aromatic carbocycles. The summed E-state index contributed by atoms with van der Waals surface area (Å²) in [5, 5.41) is 10.3. The Bertz CT molecular complexity index is 679. The van der Waals surface area contributed by atoms with E-state index in [2.05, 4.69) is 4.74 Å². The summed E-state index contributed by atoms with van der Waals surface area (Å²) in [5.41, 5.74) is 1.20. The monoisotopic (exact) mass is 335 g/mol. The van der Waals surface area contributed by atoms with Crippen LogP contribution in [0.1, 0.15) is 17.2 Å². The van der Waals surface area contributed by atoms with E-state index >= 15 is 0 Å². The van der Waals surface area contributed by atoms with Crippen LogP contribution >= 0.6 is 0 Å². The van der Waals surface area contributed by atoms with Crippen LogP contribution in [0.15, 0.2) is 48.5 Å². The Labute approximate surface area is 139 Å². The molecule has 0 amide bonds. The number of esters is 1. The molecule has 4 nitrogen and oxygen atoms in total. The fraction of sp³-hybridized carbons (Fsp3) is 0.278. The lowest BCUT2D eigenvalue weighted by molar-refractivity contribution is -0.142. The average molecular weight is 335 g/mol. The maximum Gasteiger partial charge on any atom is 0.319 e. The molecule has 0 fully saturated rings. The molecule has 0 radical (unpaired) electrons. The first-order valence-electron chi connectivity index (χ1n) is 7.45. The number of methoxy groups -OCH3 is 1. The van der Waals surface area contributed by atoms with Crippen molar-refractivity contribution < 1.29 is 23.4 Å². The van der Waals surface area contributed by atoms with E-state index in [0.29, 0.717) is 11.1 Å². The van der Waals surface area contributed by atoms with Gasteiger partial charge in [0.2, 0.25) is 0 Å². The van der Waals surface area contributed by atoms with E-state index in [-0.39, 0.29) is 19.6 Å². The first kappa shape index (κ1) is 18.0. The lowest BCUT2D eigenvalue weighted by Crippen LogP contribution is -2.33. The van der Waals surface area contributed by atoms with Gasteiger partial charge in [0.25, 0.3) is 0 Å². The largest absolute Gasteiger partial charge is 0.468 e. The van der Waals surface area contributed by atoms with Crippen molar-refractivity contribution in [2.45, 2.75) is 12.6 Å². The summed E-state index contributed by atoms with van der Waals surface area (Å²) in [6, 6.07) is 12.6. The minimum Gasteiger partial charge on any atom is -0.468 e. The minimum absolute atomic E-state index is 0.0701. The summed E-state index contributed by atoms with van der Waals surface area (Å²) in [5.74, 6) is -2.35. The molecule has 0 aliphatic carbocycles. The number of benzene rings is 2. The number of halogens is 2. The van der Waals surface area contributed by atoms with Crippen LogP contribution in [-0.4, -0.2) is 36.2 Å². The van der Waals surface area contributed by atoms with Crippen molar-refractivity contribution in [3.8, 4) is 0 Å². The molecule has 1 unspecified atom stereocenters. The van der Waals surface area contributed by atoms with Gasteiger partial charge >= 0.3 is 5.97 Å². The van der Waals surface area contributed by atoms with Gasteiger partial charge in [-0.25, -0.2) is 8.78 Å². The normalized spacial score (nSPS) is 12.2. The van der Waals surface area contributed by atoms with E-state index in [1.165, 1.54) is 13.2 Å². The van der Waals surface area contributed by atoms with Crippen LogP contribution in [0.3, 0.4) is 0 Å². The van der Waals surface area contributed by atoms with Crippen LogP contribution in [-0.2, 0) is 16.1 Å². The molecule has 2 rings (SSSR count). The molecule has 0 spiro atoms. The Morgan fingerprint density at radius 3 is 2.50 bits per heavy atom. The first-order valence-corrected chi connectivity index (χ1v) is 7.45. The van der Waals surface area contributed by atoms with Gasteiger partial charge in [0.15, 0.2) is 11.6 Å². The molecule has 128 valence electrons. The highest BCUT2D eigenvalue weighted by Crippen LogP contribution is 2.17. The predicted octanol–water partition coefficient (Wildman–Crippen LogP) is 2.67. The quantitative estimate of drug-likeness (QED) is 0.791. The van der Waals surface area contributed by atoms with Gasteiger partial charge in [-0.3, -0.25) is 9.69 Å². The fourth-order valence-electron chi connectivity index (χ4n) is 2.35. The van der Waals surface area contributed by atoms with Gasteiger partial charge < -0.3 is 9.84 Å². The van der Waals surface area contributed by atoms with E-state index in [4.69, 9.17) is 0 Å². The second kappa shape index (κ2) is 8.52. The van der Waals surface area contributed by atoms with E-state index in [1.807, 2.05) is 6.07 Å². The van der Waals surface area contributed by atoms with Gasteiger partial charge in [-0.15, -0.1) is 0 Å². The summed E-state index contributed by atoms with van der Waals surface area (Å²) < 4.78 is 31.0. The SMILES string of the molecule is COC(=O)CN(Cc1ccc(F)c(F)c1)CC(O)c1ccccc1. The first-order chi connectivity index (χ1) is 11.5. The smallest absolute Gasteiger partial charge is 0.319 e. The van der Waals surface area contributed by atoms with Crippen LogP contribution in [0.2, 0.25) is 0 Å². The van der Waals surface area contributed by atoms with Crippen molar-refractivity contribution >= 4 is 5.97 Å². The zero-order chi connectivity index (χ0) is 17.5. The molecule has 1 N–H and O–H groups in total. The zero-order valence-corrected chi connectivity index (χ0v) is 13.3. The van der Waals surface area contributed by atoms with Crippen LogP contribution in [0.5, 0.6) is 0 Å². The third kappa shape index (κ3) is 5.11. The molecular formula is C18H19F2NO3. The van der Waals surface area contributed by atoms with Gasteiger partial charge in [0.1, 0.15) is 0 Å². The number of carbonyl (C=O) groups is 1. The molecule has 6 heteroatoms. The van der Waals surface area contributed by atoms with Gasteiger partial charge in [0, 0.05) is 13.1 Å². The Morgan fingerprint density at radius 2 is 1.88 bits per heavy atom. The zero-order valence-electron chi connectivity index (χ0n) is 13.3. The van der Waals surface area contributed by atoms with E-state index < -0.39 is 23.7 Å². The highest BCUT2D eigenvalue weighted by molar-refractivity contribution is 5.71. The molecule has 0 bridgehead atoms. The standard InChI is InChI=1S/C18H19F2NO3/c1-24-18(23)12-21(10-13-7-8-15(19)16(20)9-13)11-17(22)14-5-3-2-4-6-14/h2-9,17,22H,10-12H2,1H3. The molecule has 24 heavy (non-hydrogen) atoms. The van der Waals surface area contributed by atoms with Crippen LogP contribution < -0.4 is 0 Å². The molecule has 0 heterocycles. The third-order valence-electron chi connectivity index (χ3n) is 3.59. The van der Waals surface area contributed by atoms with Gasteiger partial charge in [-0.05, 0) is 23.3 Å². The van der Waals surface area contributed by atoms with Crippen LogP contribution in [0.25, 0.3) is 0 Å². The van der Waals surface area contributed by atoms with Crippen molar-refractivity contribution in [2.24, 2.45) is 0 Å². The topological polar surface area (TPSA) is 49.8 Å². The fourth-order valence-corrected chi connectivity index (χ4v) is 2.35. The van der Waals surface area contributed by atoms with Gasteiger partial charge in [-0.1, -0.05) is 36.4 Å². The number of hydrogen-bond acceptors (Lipinski definition) is 4. The summed E-state index contributed by atoms with van der Waals surface area (Å²) in [4.78, 5) is 13.2. The summed E-state index contributed by atoms with van der Waals surface area (Å²) in [7, 11) is 1.27. The van der Waals surface area contributed by atoms with Crippen LogP contribution in [0, 0.1) is 11.6 Å². The maximum atomic E-state index is 13.4. The Kier molecular flexibility index (Phi) is 6.40. The summed E-state index contributed by atoms with van der Waals surface area (Å²) in [6.45, 7) is 0.258. The number of hydrogen-bond donors (Lipinski definition) is 1. The maximum absolute atomic E-state index is 13.4. The number of ether oxygens (including phenoxy) is 1. The highest BCUT2D eigenvalue weighted by atomic mass is 19.2. The second-order valence-corrected chi connectivity index (χ2v) is 5.42. The molecule has 0 saturated heterocycles. The van der Waals surface area contributed by atoms with Gasteiger partial charge in [-0.2, -0.15) is 0 Å². The molecule has 0 aromatic heterocycles. The molecule has 0 aliphatic rings. The average Bonchev–Trinajstić information content (AvgIpc) is 2.58. The van der Waals surface area contributed by atoms with Crippen molar-refractivity contribution in [2.75, 3.05) is 20.2 Å². The summed E-state index contributed by atoms with van der Waals surface area (Å²) >= 11 is 0. The van der Waals surface area contributed by atoms with Crippen molar-refractivity contribution in [1.29, 1.82) is 0 Å². The Balaban J connectivity index is 2.11. The van der Waals surface area contributed by atoms with Gasteiger partial charge in [0.05, 0.1) is 19.8 Å². The van der Waals surface area contributed by atoms with Crippen LogP contribution in [0.4, 0.5) is 8.78 Å². The number of aliphatic hydroxyl groups is 1. The van der Waals surface area contributed by atoms with Crippen molar-refractivity contribution in [3.05, 3.63) is 71.3 Å². The minimum atomic E-state index is -0.950. The molecule has 0 saturated carbocycles. The second-order valence-electron chi connectivity index (χ2n) is 5.42. The number of aliphatic hydroxyl groups excluding tert-OH is 1. The van der Waals surface area contributed by atoms with Crippen molar-refractivity contribution in [3.63, 3.8) is 0 Å². The third-order valence-corrected chi connectivity index (χ3v) is 3.59. The van der Waals surface area contributed by atoms with Crippen molar-refractivity contribution in [1.82, 2.24) is 4.90 Å². The lowest BCUT2D eigenvalue weighted by Gasteiger charge is -2.24. The van der Waals surface area contributed by atoms with E-state index in [1.54, 1.807) is 29.2 Å². The molecule has 2 aromatic rings. The number of rotatable bonds is 7. The number of nitrogens with zero attached hydrogens (tertiary/aromatic N) is 1. The Hall–Kier alpha value is -2.31. The molecule has 0 aliphatic heterocycles.